The molecule has 2 aromatic carbocycles. The number of fused-ring (bicyclic) bond motifs is 1. The molecule has 212 valence electrons. The lowest BCUT2D eigenvalue weighted by molar-refractivity contribution is -0.972. The first kappa shape index (κ1) is 29.6. The molecule has 0 bridgehead atoms. The summed E-state index contributed by atoms with van der Waals surface area (Å²) in [5, 5.41) is 13.1. The van der Waals surface area contributed by atoms with Gasteiger partial charge in [-0.05, 0) is 90.1 Å². The number of aliphatic hydroxyl groups excluding tert-OH is 1. The van der Waals surface area contributed by atoms with Gasteiger partial charge in [0.25, 0.3) is 0 Å². The number of rotatable bonds is 7. The van der Waals surface area contributed by atoms with Gasteiger partial charge in [-0.3, -0.25) is 4.98 Å². The standard InChI is InChI=1S/C35H51N2O2/c1-10-25-12-11-17-37(22-25,23-26-18-27(34(3,4)5)20-28(19-26)35(6,7)8)24(2)33(38)30-15-16-36-32-14-13-29(39-9)21-31(30)32/h13-16,18-21,24-25,33,38H,10-12,17,22-23H2,1-9H3/q+1/t24-,25?,33-,37?/m1/s1. The molecule has 4 heteroatoms. The van der Waals surface area contributed by atoms with Gasteiger partial charge in [0.15, 0.2) is 0 Å². The molecule has 0 aliphatic carbocycles. The van der Waals surface area contributed by atoms with E-state index in [2.05, 4.69) is 78.6 Å². The summed E-state index contributed by atoms with van der Waals surface area (Å²) in [6.45, 7) is 21.6. The predicted molar refractivity (Wildman–Crippen MR) is 163 cm³/mol. The Morgan fingerprint density at radius 3 is 2.26 bits per heavy atom. The van der Waals surface area contributed by atoms with E-state index < -0.39 is 6.10 Å². The monoisotopic (exact) mass is 531 g/mol. The second-order valence-electron chi connectivity index (χ2n) is 14.1. The lowest BCUT2D eigenvalue weighted by Gasteiger charge is -2.50. The first-order chi connectivity index (χ1) is 18.3. The largest absolute Gasteiger partial charge is 0.497 e. The van der Waals surface area contributed by atoms with Crippen LogP contribution in [0.15, 0.2) is 48.7 Å². The van der Waals surface area contributed by atoms with Crippen molar-refractivity contribution in [1.29, 1.82) is 0 Å². The van der Waals surface area contributed by atoms with Crippen LogP contribution in [0.5, 0.6) is 5.75 Å². The van der Waals surface area contributed by atoms with Crippen LogP contribution in [0.1, 0.15) is 103 Å². The molecule has 1 aromatic heterocycles. The number of hydrogen-bond acceptors (Lipinski definition) is 3. The number of pyridine rings is 1. The summed E-state index contributed by atoms with van der Waals surface area (Å²) in [7, 11) is 1.69. The van der Waals surface area contributed by atoms with Gasteiger partial charge in [-0.25, -0.2) is 0 Å². The maximum absolute atomic E-state index is 12.1. The summed E-state index contributed by atoms with van der Waals surface area (Å²) in [5.74, 6) is 1.47. The fourth-order valence-corrected chi connectivity index (χ4v) is 6.49. The summed E-state index contributed by atoms with van der Waals surface area (Å²) in [6, 6.07) is 15.3. The lowest BCUT2D eigenvalue weighted by Crippen LogP contribution is -2.60. The van der Waals surface area contributed by atoms with E-state index in [9.17, 15) is 5.11 Å². The molecule has 2 unspecified atom stereocenters. The molecule has 0 saturated carbocycles. The number of hydrogen-bond donors (Lipinski definition) is 1. The molecule has 0 amide bonds. The zero-order chi connectivity index (χ0) is 28.6. The highest BCUT2D eigenvalue weighted by Crippen LogP contribution is 2.39. The van der Waals surface area contributed by atoms with Crippen molar-refractivity contribution in [2.75, 3.05) is 20.2 Å². The summed E-state index contributed by atoms with van der Waals surface area (Å²) in [6.07, 6.45) is 4.90. The van der Waals surface area contributed by atoms with Crippen LogP contribution in [0.2, 0.25) is 0 Å². The Labute approximate surface area is 237 Å². The molecule has 2 heterocycles. The van der Waals surface area contributed by atoms with E-state index in [4.69, 9.17) is 4.74 Å². The van der Waals surface area contributed by atoms with E-state index in [1.54, 1.807) is 7.11 Å². The second-order valence-corrected chi connectivity index (χ2v) is 14.1. The zero-order valence-electron chi connectivity index (χ0n) is 25.8. The molecule has 3 aromatic rings. The van der Waals surface area contributed by atoms with Gasteiger partial charge in [-0.15, -0.1) is 0 Å². The van der Waals surface area contributed by atoms with Crippen LogP contribution in [0.25, 0.3) is 10.9 Å². The summed E-state index contributed by atoms with van der Waals surface area (Å²) in [5.41, 5.74) is 6.18. The van der Waals surface area contributed by atoms with Crippen LogP contribution >= 0.6 is 0 Å². The Balaban J connectivity index is 1.80. The minimum Gasteiger partial charge on any atom is -0.497 e. The molecule has 1 aliphatic rings. The topological polar surface area (TPSA) is 42.4 Å². The molecule has 0 spiro atoms. The average molecular weight is 532 g/mol. The van der Waals surface area contributed by atoms with Crippen LogP contribution < -0.4 is 4.74 Å². The zero-order valence-corrected chi connectivity index (χ0v) is 25.8. The van der Waals surface area contributed by atoms with Gasteiger partial charge in [0.1, 0.15) is 24.4 Å². The minimum atomic E-state index is -0.605. The third kappa shape index (κ3) is 6.33. The molecule has 1 N–H and O–H groups in total. The normalized spacial score (nSPS) is 22.1. The maximum Gasteiger partial charge on any atom is 0.131 e. The Morgan fingerprint density at radius 1 is 1.00 bits per heavy atom. The molecule has 1 fully saturated rings. The summed E-state index contributed by atoms with van der Waals surface area (Å²) < 4.78 is 6.43. The number of quaternary nitrogens is 1. The van der Waals surface area contributed by atoms with E-state index in [0.717, 1.165) is 46.3 Å². The van der Waals surface area contributed by atoms with Gasteiger partial charge < -0.3 is 14.3 Å². The summed E-state index contributed by atoms with van der Waals surface area (Å²) >= 11 is 0. The van der Waals surface area contributed by atoms with Gasteiger partial charge in [0, 0.05) is 23.1 Å². The van der Waals surface area contributed by atoms with Gasteiger partial charge in [0.2, 0.25) is 0 Å². The number of aliphatic hydroxyl groups is 1. The quantitative estimate of drug-likeness (QED) is 0.313. The Hall–Kier alpha value is -2.43. The lowest BCUT2D eigenvalue weighted by atomic mass is 9.79. The van der Waals surface area contributed by atoms with Crippen LogP contribution in [0, 0.1) is 5.92 Å². The van der Waals surface area contributed by atoms with E-state index in [1.807, 2.05) is 30.5 Å². The number of nitrogens with zero attached hydrogens (tertiary/aromatic N) is 2. The third-order valence-corrected chi connectivity index (χ3v) is 9.26. The number of benzene rings is 2. The molecule has 1 aliphatic heterocycles. The Morgan fingerprint density at radius 2 is 1.67 bits per heavy atom. The summed E-state index contributed by atoms with van der Waals surface area (Å²) in [4.78, 5) is 4.58. The number of methoxy groups -OCH3 is 1. The van der Waals surface area contributed by atoms with Crippen LogP contribution in [-0.2, 0) is 17.4 Å². The smallest absolute Gasteiger partial charge is 0.131 e. The number of piperidine rings is 1. The van der Waals surface area contributed by atoms with Gasteiger partial charge >= 0.3 is 0 Å². The minimum absolute atomic E-state index is 0.0348. The van der Waals surface area contributed by atoms with Crippen LogP contribution in [0.4, 0.5) is 0 Å². The molecule has 4 atom stereocenters. The molecule has 4 rings (SSSR count). The first-order valence-electron chi connectivity index (χ1n) is 14.9. The number of ether oxygens (including phenoxy) is 1. The Bertz CT molecular complexity index is 1250. The van der Waals surface area contributed by atoms with Crippen molar-refractivity contribution in [3.8, 4) is 5.75 Å². The Kier molecular flexibility index (Phi) is 8.50. The van der Waals surface area contributed by atoms with E-state index in [-0.39, 0.29) is 16.9 Å². The maximum atomic E-state index is 12.1. The van der Waals surface area contributed by atoms with Crippen molar-refractivity contribution in [2.45, 2.75) is 104 Å². The number of likely N-dealkylation sites (tertiary alicyclic amines) is 1. The molecule has 39 heavy (non-hydrogen) atoms. The number of aromatic nitrogens is 1. The van der Waals surface area contributed by atoms with Gasteiger partial charge in [-0.2, -0.15) is 0 Å². The molecule has 4 nitrogen and oxygen atoms in total. The molecular weight excluding hydrogens is 480 g/mol. The van der Waals surface area contributed by atoms with Crippen molar-refractivity contribution < 1.29 is 14.3 Å². The van der Waals surface area contributed by atoms with Gasteiger partial charge in [0.05, 0.1) is 25.7 Å². The highest BCUT2D eigenvalue weighted by atomic mass is 16.5. The highest BCUT2D eigenvalue weighted by Gasteiger charge is 2.43. The van der Waals surface area contributed by atoms with E-state index >= 15 is 0 Å². The van der Waals surface area contributed by atoms with E-state index in [0.29, 0.717) is 5.92 Å². The van der Waals surface area contributed by atoms with Crippen LogP contribution in [-0.4, -0.2) is 40.8 Å². The fraction of sp³-hybridized carbons (Fsp3) is 0.571. The molecule has 0 radical (unpaired) electrons. The average Bonchev–Trinajstić information content (AvgIpc) is 2.90. The van der Waals surface area contributed by atoms with Crippen molar-refractivity contribution in [3.63, 3.8) is 0 Å². The fourth-order valence-electron chi connectivity index (χ4n) is 6.49. The third-order valence-electron chi connectivity index (χ3n) is 9.26. The SMILES string of the molecule is CCC1CCC[N+](Cc2cc(C(C)(C)C)cc(C(C)(C)C)c2)([C@H](C)[C@@H](O)c2ccnc3ccc(OC)cc23)C1. The molecular formula is C35H51N2O2+. The predicted octanol–water partition coefficient (Wildman–Crippen LogP) is 8.10. The van der Waals surface area contributed by atoms with E-state index in [1.165, 1.54) is 36.0 Å². The molecule has 1 saturated heterocycles. The van der Waals surface area contributed by atoms with Crippen molar-refractivity contribution in [2.24, 2.45) is 5.92 Å². The van der Waals surface area contributed by atoms with Crippen molar-refractivity contribution in [3.05, 3.63) is 70.9 Å². The van der Waals surface area contributed by atoms with Crippen molar-refractivity contribution in [1.82, 2.24) is 4.98 Å². The highest BCUT2D eigenvalue weighted by molar-refractivity contribution is 5.83. The first-order valence-corrected chi connectivity index (χ1v) is 14.9. The van der Waals surface area contributed by atoms with Gasteiger partial charge in [-0.1, -0.05) is 54.5 Å². The van der Waals surface area contributed by atoms with Crippen molar-refractivity contribution >= 4 is 10.9 Å². The second kappa shape index (κ2) is 11.2. The van der Waals surface area contributed by atoms with Crippen LogP contribution in [0.3, 0.4) is 0 Å².